The van der Waals surface area contributed by atoms with Crippen molar-refractivity contribution < 1.29 is 23.0 Å². The van der Waals surface area contributed by atoms with Gasteiger partial charge in [-0.15, -0.1) is 0 Å². The van der Waals surface area contributed by atoms with Crippen molar-refractivity contribution in [3.63, 3.8) is 0 Å². The van der Waals surface area contributed by atoms with Crippen molar-refractivity contribution in [2.24, 2.45) is 4.99 Å². The standard InChI is InChI=1S/C22H20N6O5S/c1-5-13-19(27-34(4,30)31)25-22-20(24-13)26-21(14-9-7-12-17(23-14)33-6-2)28(22)18-15(29)10-8-11-16(18)32-3/h5,8,10-12,29H,1,6H2,2-4H3,(H,25,27). The molecule has 3 aromatic rings. The molecule has 0 radical (unpaired) electrons. The molecule has 4 rings (SSSR count). The number of benzene rings is 1. The third-order valence-electron chi connectivity index (χ3n) is 4.53. The molecule has 3 heterocycles. The van der Waals surface area contributed by atoms with Gasteiger partial charge >= 0.3 is 0 Å². The molecule has 0 unspecified atom stereocenters. The maximum Gasteiger partial charge on any atom is 0.231 e. The minimum atomic E-state index is -3.68. The third kappa shape index (κ3) is 4.28. The van der Waals surface area contributed by atoms with Gasteiger partial charge in [0, 0.05) is 0 Å². The van der Waals surface area contributed by atoms with Crippen LogP contribution in [0.15, 0.2) is 47.3 Å². The minimum absolute atomic E-state index is 0.0568. The van der Waals surface area contributed by atoms with E-state index in [0.29, 0.717) is 18.3 Å². The lowest BCUT2D eigenvalue weighted by Crippen LogP contribution is -2.13. The van der Waals surface area contributed by atoms with Crippen molar-refractivity contribution >= 4 is 44.8 Å². The molecule has 1 aliphatic rings. The molecule has 0 bridgehead atoms. The normalized spacial score (nSPS) is 12.9. The molecule has 1 aromatic carbocycles. The Morgan fingerprint density at radius 2 is 2.09 bits per heavy atom. The molecular formula is C22H20N6O5S. The second-order valence-corrected chi connectivity index (χ2v) is 8.68. The first kappa shape index (κ1) is 22.8. The van der Waals surface area contributed by atoms with Crippen molar-refractivity contribution in [3.05, 3.63) is 53.8 Å². The summed E-state index contributed by atoms with van der Waals surface area (Å²) in [4.78, 5) is 17.8. The molecule has 12 heteroatoms. The van der Waals surface area contributed by atoms with Crippen LogP contribution in [0.3, 0.4) is 0 Å². The lowest BCUT2D eigenvalue weighted by molar-refractivity contribution is 0.330. The van der Waals surface area contributed by atoms with Gasteiger partial charge in [0.1, 0.15) is 22.9 Å². The Hall–Kier alpha value is -4.37. The molecule has 0 spiro atoms. The molecule has 0 fully saturated rings. The maximum atomic E-state index is 11.9. The highest BCUT2D eigenvalue weighted by molar-refractivity contribution is 7.92. The van der Waals surface area contributed by atoms with Gasteiger partial charge in [0.2, 0.25) is 15.9 Å². The summed E-state index contributed by atoms with van der Waals surface area (Å²) >= 11 is 0. The molecule has 11 nitrogen and oxygen atoms in total. The van der Waals surface area contributed by atoms with Gasteiger partial charge in [0.05, 0.1) is 26.0 Å². The number of aliphatic imine (C=N–C) groups is 1. The molecule has 2 N–H and O–H groups in total. The molecule has 0 amide bonds. The maximum absolute atomic E-state index is 11.9. The van der Waals surface area contributed by atoms with Crippen LogP contribution in [-0.2, 0) is 14.8 Å². The van der Waals surface area contributed by atoms with E-state index < -0.39 is 10.0 Å². The van der Waals surface area contributed by atoms with Crippen molar-refractivity contribution in [1.82, 2.24) is 19.5 Å². The molecule has 0 saturated carbocycles. The van der Waals surface area contributed by atoms with Crippen molar-refractivity contribution in [1.29, 1.82) is 0 Å². The zero-order valence-corrected chi connectivity index (χ0v) is 19.3. The number of hydrogen-bond acceptors (Lipinski definition) is 9. The zero-order valence-electron chi connectivity index (χ0n) is 18.5. The van der Waals surface area contributed by atoms with E-state index in [-0.39, 0.29) is 45.8 Å². The molecule has 0 atom stereocenters. The molecule has 1 aliphatic heterocycles. The van der Waals surface area contributed by atoms with Crippen LogP contribution in [-0.4, -0.2) is 58.9 Å². The van der Waals surface area contributed by atoms with Crippen LogP contribution in [0.2, 0.25) is 0 Å². The number of imidazole rings is 1. The SMILES string of the molecule is C=Cc1nc2nc(C3=C=C=CC(OCC)=N3)n(-c3c(O)cccc3OC)c2nc1NS(C)(=O)=O. The van der Waals surface area contributed by atoms with Gasteiger partial charge in [-0.1, -0.05) is 18.4 Å². The fourth-order valence-electron chi connectivity index (χ4n) is 3.23. The predicted molar refractivity (Wildman–Crippen MR) is 127 cm³/mol. The summed E-state index contributed by atoms with van der Waals surface area (Å²) in [6, 6.07) is 4.72. The van der Waals surface area contributed by atoms with Gasteiger partial charge in [0.15, 0.2) is 28.6 Å². The van der Waals surface area contributed by atoms with Crippen molar-refractivity contribution in [3.8, 4) is 17.2 Å². The Morgan fingerprint density at radius 1 is 1.29 bits per heavy atom. The van der Waals surface area contributed by atoms with E-state index in [4.69, 9.17) is 9.47 Å². The average Bonchev–Trinajstić information content (AvgIpc) is 3.15. The lowest BCUT2D eigenvalue weighted by atomic mass is 10.2. The predicted octanol–water partition coefficient (Wildman–Crippen LogP) is 2.64. The van der Waals surface area contributed by atoms with Crippen molar-refractivity contribution in [2.45, 2.75) is 6.92 Å². The second kappa shape index (κ2) is 8.87. The average molecular weight is 481 g/mol. The van der Waals surface area contributed by atoms with Crippen LogP contribution >= 0.6 is 0 Å². The number of aromatic hydroxyl groups is 1. The third-order valence-corrected chi connectivity index (χ3v) is 5.10. The molecule has 174 valence electrons. The number of ether oxygens (including phenoxy) is 2. The number of fused-ring (bicyclic) bond motifs is 1. The Labute approximate surface area is 195 Å². The van der Waals surface area contributed by atoms with Crippen LogP contribution in [0.5, 0.6) is 11.5 Å². The first-order chi connectivity index (χ1) is 16.3. The molecule has 2 aromatic heterocycles. The number of rotatable bonds is 7. The molecule has 0 aliphatic carbocycles. The number of sulfonamides is 1. The fourth-order valence-corrected chi connectivity index (χ4v) is 3.74. The van der Waals surface area contributed by atoms with Crippen molar-refractivity contribution in [2.75, 3.05) is 24.7 Å². The minimum Gasteiger partial charge on any atom is -0.506 e. The summed E-state index contributed by atoms with van der Waals surface area (Å²) in [5.41, 5.74) is 6.59. The summed E-state index contributed by atoms with van der Waals surface area (Å²) in [5.74, 6) is 0.596. The first-order valence-electron chi connectivity index (χ1n) is 9.96. The second-order valence-electron chi connectivity index (χ2n) is 6.93. The van der Waals surface area contributed by atoms with E-state index in [1.165, 1.54) is 29.9 Å². The molecule has 0 saturated heterocycles. The Balaban J connectivity index is 2.11. The molecule has 34 heavy (non-hydrogen) atoms. The van der Waals surface area contributed by atoms with Crippen LogP contribution in [0.1, 0.15) is 18.4 Å². The number of aromatic nitrogens is 4. The van der Waals surface area contributed by atoms with Gasteiger partial charge in [-0.3, -0.25) is 9.29 Å². The number of anilines is 1. The number of nitrogens with one attached hydrogen (secondary N) is 1. The highest BCUT2D eigenvalue weighted by Gasteiger charge is 2.25. The number of hydrogen-bond donors (Lipinski definition) is 2. The van der Waals surface area contributed by atoms with E-state index in [0.717, 1.165) is 6.26 Å². The monoisotopic (exact) mass is 480 g/mol. The molecular weight excluding hydrogens is 460 g/mol. The van der Waals surface area contributed by atoms with Crippen LogP contribution in [0.25, 0.3) is 28.8 Å². The number of phenols is 1. The van der Waals surface area contributed by atoms with Crippen LogP contribution in [0.4, 0.5) is 5.82 Å². The largest absolute Gasteiger partial charge is 0.506 e. The highest BCUT2D eigenvalue weighted by Crippen LogP contribution is 2.37. The number of phenolic OH excluding ortho intramolecular Hbond substituents is 1. The Bertz CT molecular complexity index is 1560. The summed E-state index contributed by atoms with van der Waals surface area (Å²) in [6.07, 6.45) is 3.88. The number of nitrogens with zero attached hydrogens (tertiary/aromatic N) is 5. The zero-order chi connectivity index (χ0) is 24.5. The highest BCUT2D eigenvalue weighted by atomic mass is 32.2. The first-order valence-corrected chi connectivity index (χ1v) is 11.9. The Kier molecular flexibility index (Phi) is 5.95. The van der Waals surface area contributed by atoms with Crippen LogP contribution < -0.4 is 9.46 Å². The van der Waals surface area contributed by atoms with E-state index in [1.807, 2.05) is 6.92 Å². The summed E-state index contributed by atoms with van der Waals surface area (Å²) in [6.45, 7) is 5.89. The summed E-state index contributed by atoms with van der Waals surface area (Å²) < 4.78 is 38.5. The smallest absolute Gasteiger partial charge is 0.231 e. The van der Waals surface area contributed by atoms with Gasteiger partial charge in [-0.05, 0) is 30.9 Å². The van der Waals surface area contributed by atoms with E-state index in [2.05, 4.69) is 42.7 Å². The fraction of sp³-hybridized carbons (Fsp3) is 0.182. The number of methoxy groups -OCH3 is 1. The van der Waals surface area contributed by atoms with Gasteiger partial charge in [-0.2, -0.15) is 0 Å². The van der Waals surface area contributed by atoms with Gasteiger partial charge in [-0.25, -0.2) is 28.4 Å². The summed E-state index contributed by atoms with van der Waals surface area (Å²) in [7, 11) is -2.23. The Morgan fingerprint density at radius 3 is 2.76 bits per heavy atom. The summed E-state index contributed by atoms with van der Waals surface area (Å²) in [5, 5.41) is 10.8. The van der Waals surface area contributed by atoms with Crippen LogP contribution in [0, 0.1) is 0 Å². The van der Waals surface area contributed by atoms with Gasteiger partial charge < -0.3 is 14.6 Å². The van der Waals surface area contributed by atoms with Gasteiger partial charge in [0.25, 0.3) is 0 Å². The lowest BCUT2D eigenvalue weighted by Gasteiger charge is -2.15. The quantitative estimate of drug-likeness (QED) is 0.492. The van der Waals surface area contributed by atoms with E-state index in [1.54, 1.807) is 12.1 Å². The topological polar surface area (TPSA) is 141 Å². The number of para-hydroxylation sites is 1. The van der Waals surface area contributed by atoms with E-state index >= 15 is 0 Å². The van der Waals surface area contributed by atoms with E-state index in [9.17, 15) is 13.5 Å².